The first-order valence-electron chi connectivity index (χ1n) is 11.0. The van der Waals surface area contributed by atoms with Crippen LogP contribution in [0.1, 0.15) is 95.9 Å². The Morgan fingerprint density at radius 1 is 1.00 bits per heavy atom. The first-order valence-corrected chi connectivity index (χ1v) is 11.0. The van der Waals surface area contributed by atoms with E-state index in [1.807, 2.05) is 6.92 Å². The summed E-state index contributed by atoms with van der Waals surface area (Å²) in [4.78, 5) is 4.31. The summed E-state index contributed by atoms with van der Waals surface area (Å²) in [5.41, 5.74) is -0.539. The summed E-state index contributed by atoms with van der Waals surface area (Å²) in [5.74, 6) is 0.546. The molecule has 1 heterocycles. The number of hydrogen-bond acceptors (Lipinski definition) is 4. The Labute approximate surface area is 177 Å². The van der Waals surface area contributed by atoms with Crippen molar-refractivity contribution in [2.45, 2.75) is 90.7 Å². The Morgan fingerprint density at radius 2 is 1.70 bits per heavy atom. The monoisotopic (exact) mass is 426 g/mol. The molecule has 7 heteroatoms. The fraction of sp³-hybridized carbons (Fsp3) is 0.652. The zero-order valence-electron chi connectivity index (χ0n) is 18.2. The molecule has 0 fully saturated rings. The lowest BCUT2D eigenvalue weighted by Gasteiger charge is -2.14. The fourth-order valence-corrected chi connectivity index (χ4v) is 3.27. The lowest BCUT2D eigenvalue weighted by Crippen LogP contribution is -2.10. The normalized spacial score (nSPS) is 12.9. The number of nitrogens with zero attached hydrogens (tertiary/aromatic N) is 2. The number of rotatable bonds is 13. The van der Waals surface area contributed by atoms with Crippen molar-refractivity contribution >= 4 is 0 Å². The fourth-order valence-electron chi connectivity index (χ4n) is 3.27. The standard InChI is InChI=1S/C23H33F3N2O2/c1-4-6-8-9-10-11-15-29-20-14-13-18(16-19(20)23(24,25)26)21-27-22(30-28-21)17(3)12-7-5-2/h13-14,16-17H,4-12,15H2,1-3H3. The lowest BCUT2D eigenvalue weighted by molar-refractivity contribution is -0.138. The van der Waals surface area contributed by atoms with Gasteiger partial charge in [-0.15, -0.1) is 0 Å². The van der Waals surface area contributed by atoms with Gasteiger partial charge in [-0.25, -0.2) is 0 Å². The molecule has 1 unspecified atom stereocenters. The third-order valence-electron chi connectivity index (χ3n) is 5.15. The Balaban J connectivity index is 2.06. The van der Waals surface area contributed by atoms with E-state index in [2.05, 4.69) is 24.0 Å². The molecule has 30 heavy (non-hydrogen) atoms. The number of aromatic nitrogens is 2. The first-order chi connectivity index (χ1) is 14.4. The van der Waals surface area contributed by atoms with Gasteiger partial charge >= 0.3 is 6.18 Å². The van der Waals surface area contributed by atoms with E-state index < -0.39 is 11.7 Å². The third kappa shape index (κ3) is 7.33. The second-order valence-electron chi connectivity index (χ2n) is 7.82. The van der Waals surface area contributed by atoms with E-state index in [9.17, 15) is 13.2 Å². The first kappa shape index (κ1) is 24.2. The van der Waals surface area contributed by atoms with Gasteiger partial charge in [-0.05, 0) is 31.0 Å². The molecule has 4 nitrogen and oxygen atoms in total. The summed E-state index contributed by atoms with van der Waals surface area (Å²) in [6, 6.07) is 3.95. The van der Waals surface area contributed by atoms with E-state index in [1.54, 1.807) is 6.07 Å². The average Bonchev–Trinajstić information content (AvgIpc) is 3.21. The Kier molecular flexibility index (Phi) is 9.66. The largest absolute Gasteiger partial charge is 0.493 e. The Morgan fingerprint density at radius 3 is 2.40 bits per heavy atom. The van der Waals surface area contributed by atoms with Crippen LogP contribution < -0.4 is 4.74 Å². The van der Waals surface area contributed by atoms with Crippen LogP contribution >= 0.6 is 0 Å². The van der Waals surface area contributed by atoms with Crippen LogP contribution in [0.4, 0.5) is 13.2 Å². The molecule has 0 saturated carbocycles. The average molecular weight is 427 g/mol. The number of alkyl halides is 3. The van der Waals surface area contributed by atoms with Crippen molar-refractivity contribution in [2.24, 2.45) is 0 Å². The highest BCUT2D eigenvalue weighted by atomic mass is 19.4. The van der Waals surface area contributed by atoms with Gasteiger partial charge in [0.2, 0.25) is 11.7 Å². The molecular weight excluding hydrogens is 393 g/mol. The molecule has 0 aliphatic rings. The van der Waals surface area contributed by atoms with Crippen LogP contribution in [0.3, 0.4) is 0 Å². The quantitative estimate of drug-likeness (QED) is 0.307. The second kappa shape index (κ2) is 12.0. The van der Waals surface area contributed by atoms with Crippen molar-refractivity contribution in [1.82, 2.24) is 10.1 Å². The molecule has 0 radical (unpaired) electrons. The van der Waals surface area contributed by atoms with Gasteiger partial charge in [0.15, 0.2) is 0 Å². The minimum atomic E-state index is -4.52. The molecule has 0 saturated heterocycles. The highest BCUT2D eigenvalue weighted by molar-refractivity contribution is 5.59. The van der Waals surface area contributed by atoms with E-state index in [0.717, 1.165) is 57.4 Å². The van der Waals surface area contributed by atoms with Gasteiger partial charge in [-0.3, -0.25) is 0 Å². The summed E-state index contributed by atoms with van der Waals surface area (Å²) in [6.45, 7) is 6.50. The summed E-state index contributed by atoms with van der Waals surface area (Å²) < 4.78 is 51.5. The molecule has 1 atom stereocenters. The molecule has 0 N–H and O–H groups in total. The van der Waals surface area contributed by atoms with Crippen LogP contribution in [-0.4, -0.2) is 16.7 Å². The molecule has 2 aromatic rings. The smallest absolute Gasteiger partial charge is 0.419 e. The van der Waals surface area contributed by atoms with Crippen LogP contribution in [-0.2, 0) is 6.18 Å². The van der Waals surface area contributed by atoms with Gasteiger partial charge in [0, 0.05) is 11.5 Å². The minimum absolute atomic E-state index is 0.0771. The molecule has 0 bridgehead atoms. The maximum Gasteiger partial charge on any atom is 0.419 e. The molecule has 0 aliphatic heterocycles. The van der Waals surface area contributed by atoms with Crippen molar-refractivity contribution in [3.05, 3.63) is 29.7 Å². The highest BCUT2D eigenvalue weighted by Crippen LogP contribution is 2.38. The van der Waals surface area contributed by atoms with Crippen molar-refractivity contribution in [3.8, 4) is 17.1 Å². The van der Waals surface area contributed by atoms with Gasteiger partial charge in [0.05, 0.1) is 12.2 Å². The van der Waals surface area contributed by atoms with Gasteiger partial charge in [0.25, 0.3) is 0 Å². The predicted molar refractivity (Wildman–Crippen MR) is 112 cm³/mol. The number of unbranched alkanes of at least 4 members (excludes halogenated alkanes) is 6. The van der Waals surface area contributed by atoms with E-state index in [0.29, 0.717) is 5.89 Å². The predicted octanol–water partition coefficient (Wildman–Crippen LogP) is 7.79. The summed E-state index contributed by atoms with van der Waals surface area (Å²) in [5, 5.41) is 3.89. The molecule has 0 amide bonds. The minimum Gasteiger partial charge on any atom is -0.493 e. The van der Waals surface area contributed by atoms with Crippen LogP contribution in [0.15, 0.2) is 22.7 Å². The molecule has 1 aromatic heterocycles. The van der Waals surface area contributed by atoms with Crippen LogP contribution in [0.2, 0.25) is 0 Å². The molecule has 2 rings (SSSR count). The molecule has 168 valence electrons. The number of benzene rings is 1. The molecule has 1 aromatic carbocycles. The van der Waals surface area contributed by atoms with Gasteiger partial charge < -0.3 is 9.26 Å². The zero-order chi connectivity index (χ0) is 22.0. The van der Waals surface area contributed by atoms with E-state index >= 15 is 0 Å². The summed E-state index contributed by atoms with van der Waals surface area (Å²) >= 11 is 0. The topological polar surface area (TPSA) is 48.2 Å². The molecular formula is C23H33F3N2O2. The van der Waals surface area contributed by atoms with Crippen molar-refractivity contribution in [1.29, 1.82) is 0 Å². The highest BCUT2D eigenvalue weighted by Gasteiger charge is 2.35. The zero-order valence-corrected chi connectivity index (χ0v) is 18.2. The van der Waals surface area contributed by atoms with Crippen molar-refractivity contribution in [3.63, 3.8) is 0 Å². The van der Waals surface area contributed by atoms with Crippen molar-refractivity contribution in [2.75, 3.05) is 6.61 Å². The van der Waals surface area contributed by atoms with Gasteiger partial charge in [-0.2, -0.15) is 18.2 Å². The van der Waals surface area contributed by atoms with Gasteiger partial charge in [0.1, 0.15) is 5.75 Å². The van der Waals surface area contributed by atoms with E-state index in [4.69, 9.17) is 9.26 Å². The van der Waals surface area contributed by atoms with Crippen LogP contribution in [0.5, 0.6) is 5.75 Å². The van der Waals surface area contributed by atoms with Crippen LogP contribution in [0.25, 0.3) is 11.4 Å². The maximum atomic E-state index is 13.6. The Hall–Kier alpha value is -2.05. The maximum absolute atomic E-state index is 13.6. The summed E-state index contributed by atoms with van der Waals surface area (Å²) in [7, 11) is 0. The third-order valence-corrected chi connectivity index (χ3v) is 5.15. The number of halogens is 3. The van der Waals surface area contributed by atoms with Crippen molar-refractivity contribution < 1.29 is 22.4 Å². The van der Waals surface area contributed by atoms with E-state index in [1.165, 1.54) is 12.5 Å². The number of hydrogen-bond donors (Lipinski definition) is 0. The number of ether oxygens (including phenoxy) is 1. The van der Waals surface area contributed by atoms with Crippen LogP contribution in [0, 0.1) is 0 Å². The van der Waals surface area contributed by atoms with E-state index in [-0.39, 0.29) is 29.7 Å². The summed E-state index contributed by atoms with van der Waals surface area (Å²) in [6.07, 6.45) is 4.76. The second-order valence-corrected chi connectivity index (χ2v) is 7.82. The lowest BCUT2D eigenvalue weighted by atomic mass is 10.0. The molecule has 0 spiro atoms. The Bertz CT molecular complexity index is 759. The SMILES string of the molecule is CCCCCCCCOc1ccc(-c2noc(C(C)CCCC)n2)cc1C(F)(F)F. The van der Waals surface area contributed by atoms with Gasteiger partial charge in [-0.1, -0.05) is 70.9 Å². The molecule has 0 aliphatic carbocycles.